The number of fused-ring (bicyclic) bond motifs is 2. The highest BCUT2D eigenvalue weighted by molar-refractivity contribution is 4.98. The molecule has 3 aliphatic carbocycles. The molecular weight excluding hydrogens is 256 g/mol. The first-order valence-electron chi connectivity index (χ1n) is 9.53. The van der Waals surface area contributed by atoms with E-state index >= 15 is 0 Å². The van der Waals surface area contributed by atoms with Crippen molar-refractivity contribution in [3.05, 3.63) is 0 Å². The quantitative estimate of drug-likeness (QED) is 0.545. The van der Waals surface area contributed by atoms with Gasteiger partial charge in [0.1, 0.15) is 0 Å². The van der Waals surface area contributed by atoms with Crippen LogP contribution in [0.4, 0.5) is 0 Å². The zero-order valence-corrected chi connectivity index (χ0v) is 15.0. The molecule has 3 saturated carbocycles. The largest absolute Gasteiger partial charge is 0.370 e. The maximum absolute atomic E-state index is 5.64. The molecule has 1 heteroatoms. The van der Waals surface area contributed by atoms with Gasteiger partial charge in [0.05, 0.1) is 12.2 Å². The van der Waals surface area contributed by atoms with Crippen LogP contribution in [0.5, 0.6) is 0 Å². The summed E-state index contributed by atoms with van der Waals surface area (Å²) in [6, 6.07) is 0. The lowest BCUT2D eigenvalue weighted by Crippen LogP contribution is -2.39. The summed E-state index contributed by atoms with van der Waals surface area (Å²) in [5, 5.41) is 0. The monoisotopic (exact) mass is 292 g/mol. The van der Waals surface area contributed by atoms with E-state index in [2.05, 4.69) is 41.5 Å². The minimum absolute atomic E-state index is 0.682. The molecule has 6 unspecified atom stereocenters. The van der Waals surface area contributed by atoms with E-state index in [9.17, 15) is 0 Å². The van der Waals surface area contributed by atoms with Crippen molar-refractivity contribution >= 4 is 0 Å². The molecule has 21 heavy (non-hydrogen) atoms. The van der Waals surface area contributed by atoms with Crippen molar-refractivity contribution in [2.45, 2.75) is 79.4 Å². The van der Waals surface area contributed by atoms with Crippen LogP contribution >= 0.6 is 0 Å². The number of epoxide rings is 1. The fraction of sp³-hybridized carbons (Fsp3) is 1.00. The summed E-state index contributed by atoms with van der Waals surface area (Å²) in [4.78, 5) is 0. The van der Waals surface area contributed by atoms with Crippen molar-refractivity contribution in [1.29, 1.82) is 0 Å². The smallest absolute Gasteiger partial charge is 0.0844 e. The van der Waals surface area contributed by atoms with E-state index in [1.807, 2.05) is 0 Å². The van der Waals surface area contributed by atoms with E-state index in [-0.39, 0.29) is 0 Å². The minimum Gasteiger partial charge on any atom is -0.370 e. The van der Waals surface area contributed by atoms with E-state index in [1.165, 1.54) is 25.7 Å². The molecule has 122 valence electrons. The molecule has 0 bridgehead atoms. The Morgan fingerprint density at radius 1 is 0.524 bits per heavy atom. The Bertz CT molecular complexity index is 311. The molecule has 0 radical (unpaired) electrons. The highest BCUT2D eigenvalue weighted by Crippen LogP contribution is 2.51. The Hall–Kier alpha value is -0.0400. The molecule has 0 aromatic heterocycles. The van der Waals surface area contributed by atoms with Crippen LogP contribution in [-0.2, 0) is 4.74 Å². The van der Waals surface area contributed by atoms with Crippen LogP contribution in [0.15, 0.2) is 0 Å². The van der Waals surface area contributed by atoms with Gasteiger partial charge in [-0.3, -0.25) is 0 Å². The van der Waals surface area contributed by atoms with Gasteiger partial charge < -0.3 is 4.74 Å². The Kier molecular flexibility index (Phi) is 4.43. The molecule has 4 rings (SSSR count). The molecular formula is C20H36O. The fourth-order valence-electron chi connectivity index (χ4n) is 5.34. The molecule has 0 N–H and O–H groups in total. The summed E-state index contributed by atoms with van der Waals surface area (Å²) >= 11 is 0. The van der Waals surface area contributed by atoms with Crippen molar-refractivity contribution < 1.29 is 4.74 Å². The molecule has 1 saturated heterocycles. The molecule has 1 heterocycles. The Balaban J connectivity index is 0.000000143. The van der Waals surface area contributed by atoms with Gasteiger partial charge in [-0.15, -0.1) is 0 Å². The third kappa shape index (κ3) is 3.05. The van der Waals surface area contributed by atoms with Crippen molar-refractivity contribution in [2.75, 3.05) is 0 Å². The van der Waals surface area contributed by atoms with E-state index in [0.717, 1.165) is 47.3 Å². The second kappa shape index (κ2) is 5.87. The third-order valence-corrected chi connectivity index (χ3v) is 8.06. The Labute approximate surface area is 132 Å². The summed E-state index contributed by atoms with van der Waals surface area (Å²) in [6.07, 6.45) is 7.07. The SMILES string of the molecule is CC1C(C)C(C)C1C.CC1CC2CC3OC3CC2CC1C. The molecule has 0 spiro atoms. The lowest BCUT2D eigenvalue weighted by molar-refractivity contribution is 0.0302. The second-order valence-corrected chi connectivity index (χ2v) is 9.07. The summed E-state index contributed by atoms with van der Waals surface area (Å²) in [5.74, 6) is 7.84. The third-order valence-electron chi connectivity index (χ3n) is 8.06. The maximum Gasteiger partial charge on any atom is 0.0844 e. The van der Waals surface area contributed by atoms with Gasteiger partial charge in [-0.05, 0) is 73.0 Å². The maximum atomic E-state index is 5.64. The lowest BCUT2D eigenvalue weighted by Gasteiger charge is -2.45. The van der Waals surface area contributed by atoms with Crippen molar-refractivity contribution in [2.24, 2.45) is 47.3 Å². The summed E-state index contributed by atoms with van der Waals surface area (Å²) in [7, 11) is 0. The van der Waals surface area contributed by atoms with Crippen LogP contribution in [0.2, 0.25) is 0 Å². The topological polar surface area (TPSA) is 12.5 Å². The van der Waals surface area contributed by atoms with Crippen LogP contribution in [0.25, 0.3) is 0 Å². The van der Waals surface area contributed by atoms with Gasteiger partial charge in [0.25, 0.3) is 0 Å². The van der Waals surface area contributed by atoms with E-state index in [0.29, 0.717) is 12.2 Å². The molecule has 6 atom stereocenters. The highest BCUT2D eigenvalue weighted by atomic mass is 16.6. The van der Waals surface area contributed by atoms with Crippen LogP contribution in [0.1, 0.15) is 67.2 Å². The van der Waals surface area contributed by atoms with Gasteiger partial charge in [0.15, 0.2) is 0 Å². The van der Waals surface area contributed by atoms with Gasteiger partial charge in [-0.1, -0.05) is 41.5 Å². The first kappa shape index (κ1) is 15.8. The van der Waals surface area contributed by atoms with E-state index in [1.54, 1.807) is 0 Å². The summed E-state index contributed by atoms with van der Waals surface area (Å²) < 4.78 is 5.64. The minimum atomic E-state index is 0.682. The van der Waals surface area contributed by atoms with Gasteiger partial charge in [-0.2, -0.15) is 0 Å². The normalized spacial score (nSPS) is 58.0. The molecule has 4 aliphatic rings. The number of rotatable bonds is 0. The predicted molar refractivity (Wildman–Crippen MR) is 89.1 cm³/mol. The highest BCUT2D eigenvalue weighted by Gasteiger charge is 2.50. The van der Waals surface area contributed by atoms with E-state index in [4.69, 9.17) is 4.74 Å². The predicted octanol–water partition coefficient (Wildman–Crippen LogP) is 5.39. The van der Waals surface area contributed by atoms with Crippen LogP contribution in [-0.4, -0.2) is 12.2 Å². The van der Waals surface area contributed by atoms with Gasteiger partial charge in [-0.25, -0.2) is 0 Å². The average Bonchev–Trinajstić information content (AvgIpc) is 3.22. The summed E-state index contributed by atoms with van der Waals surface area (Å²) in [6.45, 7) is 14.3. The number of hydrogen-bond acceptors (Lipinski definition) is 1. The number of ether oxygens (including phenoxy) is 1. The Morgan fingerprint density at radius 3 is 1.19 bits per heavy atom. The van der Waals surface area contributed by atoms with Crippen molar-refractivity contribution in [1.82, 2.24) is 0 Å². The average molecular weight is 293 g/mol. The zero-order chi connectivity index (χ0) is 15.3. The van der Waals surface area contributed by atoms with Gasteiger partial charge >= 0.3 is 0 Å². The molecule has 1 nitrogen and oxygen atoms in total. The lowest BCUT2D eigenvalue weighted by atomic mass is 9.60. The molecule has 0 aromatic carbocycles. The molecule has 0 aromatic rings. The van der Waals surface area contributed by atoms with Gasteiger partial charge in [0.2, 0.25) is 0 Å². The van der Waals surface area contributed by atoms with Crippen LogP contribution in [0.3, 0.4) is 0 Å². The van der Waals surface area contributed by atoms with Crippen molar-refractivity contribution in [3.8, 4) is 0 Å². The molecule has 1 aliphatic heterocycles. The second-order valence-electron chi connectivity index (χ2n) is 9.07. The standard InChI is InChI=1S/C12H20O.C8H16/c1-7-3-9-5-11-12(13-11)6-10(9)4-8(7)2;1-5-6(2)8(4)7(5)3/h7-12H,3-6H2,1-2H3;5-8H,1-4H3. The first-order valence-corrected chi connectivity index (χ1v) is 9.53. The first-order chi connectivity index (χ1) is 9.88. The molecule has 0 amide bonds. The number of hydrogen-bond donors (Lipinski definition) is 0. The van der Waals surface area contributed by atoms with Gasteiger partial charge in [0, 0.05) is 0 Å². The van der Waals surface area contributed by atoms with Crippen molar-refractivity contribution in [3.63, 3.8) is 0 Å². The molecule has 4 fully saturated rings. The summed E-state index contributed by atoms with van der Waals surface area (Å²) in [5.41, 5.74) is 0. The fourth-order valence-corrected chi connectivity index (χ4v) is 5.34. The zero-order valence-electron chi connectivity index (χ0n) is 15.0. The van der Waals surface area contributed by atoms with Crippen LogP contribution < -0.4 is 0 Å². The Morgan fingerprint density at radius 2 is 0.857 bits per heavy atom. The van der Waals surface area contributed by atoms with E-state index < -0.39 is 0 Å². The van der Waals surface area contributed by atoms with Crippen LogP contribution in [0, 0.1) is 47.3 Å².